The first kappa shape index (κ1) is 40.9. The van der Waals surface area contributed by atoms with E-state index in [1.165, 1.54) is 32.3 Å². The molecule has 0 aromatic heterocycles. The van der Waals surface area contributed by atoms with Crippen LogP contribution >= 0.6 is 11.1 Å². The highest BCUT2D eigenvalue weighted by Crippen LogP contribution is 2.22. The van der Waals surface area contributed by atoms with Gasteiger partial charge in [0.2, 0.25) is 7.38 Å². The summed E-state index contributed by atoms with van der Waals surface area (Å²) in [6.45, 7) is 52.9. The van der Waals surface area contributed by atoms with Crippen molar-refractivity contribution in [3.05, 3.63) is 53.1 Å². The topological polar surface area (TPSA) is 0 Å². The Balaban J connectivity index is 2.87. The van der Waals surface area contributed by atoms with Crippen molar-refractivity contribution in [1.29, 1.82) is 0 Å². The molecule has 8 heteroatoms. The molecule has 0 aliphatic rings. The van der Waals surface area contributed by atoms with Gasteiger partial charge in [0.05, 0.1) is 48.4 Å². The van der Waals surface area contributed by atoms with Crippen LogP contribution in [0.4, 0.5) is 0 Å². The van der Waals surface area contributed by atoms with Crippen LogP contribution in [0.1, 0.15) is 16.7 Å². The molecule has 0 N–H and O–H groups in total. The fourth-order valence-corrected chi connectivity index (χ4v) is 27.9. The van der Waals surface area contributed by atoms with E-state index < -0.39 is 55.8 Å². The second-order valence-electron chi connectivity index (χ2n) is 20.8. The highest BCUT2D eigenvalue weighted by molar-refractivity contribution is 7.43. The Morgan fingerprint density at radius 3 is 0.660 bits per heavy atom. The molecule has 0 heterocycles. The minimum atomic E-state index is -3.10. The lowest BCUT2D eigenvalue weighted by Crippen LogP contribution is -2.79. The van der Waals surface area contributed by atoms with Gasteiger partial charge in [-0.2, -0.15) is 0 Å². The average Bonchev–Trinajstić information content (AvgIpc) is 2.83. The van der Waals surface area contributed by atoms with Crippen molar-refractivity contribution in [2.75, 3.05) is 0 Å². The molecule has 0 amide bonds. The van der Waals surface area contributed by atoms with Gasteiger partial charge in [-0.25, -0.2) is 0 Å². The Morgan fingerprint density at radius 2 is 0.511 bits per heavy atom. The van der Waals surface area contributed by atoms with Gasteiger partial charge in [0.1, 0.15) is 0 Å². The minimum absolute atomic E-state index is 1.44. The van der Waals surface area contributed by atoms with E-state index in [0.717, 1.165) is 0 Å². The summed E-state index contributed by atoms with van der Waals surface area (Å²) in [5.74, 6) is 0. The lowest BCUT2D eigenvalue weighted by Gasteiger charge is -2.42. The van der Waals surface area contributed by atoms with Gasteiger partial charge in [0.25, 0.3) is 0 Å². The molecule has 260 valence electrons. The summed E-state index contributed by atoms with van der Waals surface area (Å²) < 4.78 is 0. The monoisotopic (exact) mass is 768 g/mol. The van der Waals surface area contributed by atoms with Gasteiger partial charge in [-0.3, -0.25) is 0 Å². The Labute approximate surface area is 303 Å². The molecule has 0 spiro atoms. The lowest BCUT2D eigenvalue weighted by atomic mass is 10.2. The molecular weight excluding hydrogens is 700 g/mol. The molecule has 0 saturated heterocycles. The van der Waals surface area contributed by atoms with Crippen LogP contribution in [0.15, 0.2) is 36.4 Å². The maximum absolute atomic E-state index is 9.10. The van der Waals surface area contributed by atoms with Gasteiger partial charge in [-0.1, -0.05) is 202 Å². The van der Waals surface area contributed by atoms with E-state index in [9.17, 15) is 0 Å². The highest BCUT2D eigenvalue weighted by atomic mass is 35.6. The highest BCUT2D eigenvalue weighted by Gasteiger charge is 2.50. The second kappa shape index (κ2) is 12.9. The zero-order chi connectivity index (χ0) is 36.7. The Hall–Kier alpha value is -0.532. The molecule has 47 heavy (non-hydrogen) atoms. The summed E-state index contributed by atoms with van der Waals surface area (Å²) >= 11 is 9.10. The van der Waals surface area contributed by atoms with Crippen molar-refractivity contribution >= 4 is 114 Å². The Kier molecular flexibility index (Phi) is 11.2. The van der Waals surface area contributed by atoms with Crippen LogP contribution in [-0.2, 0) is 0 Å². The maximum atomic E-state index is 9.10. The van der Waals surface area contributed by atoms with Crippen LogP contribution in [0.2, 0.25) is 118 Å². The first-order valence-electron chi connectivity index (χ1n) is 17.9. The van der Waals surface area contributed by atoms with Crippen molar-refractivity contribution < 1.29 is 0 Å². The molecule has 0 aliphatic carbocycles. The van der Waals surface area contributed by atoms with Crippen molar-refractivity contribution in [3.63, 3.8) is 0 Å². The molecule has 0 nitrogen and oxygen atoms in total. The molecule has 0 fully saturated rings. The third-order valence-electron chi connectivity index (χ3n) is 10.1. The summed E-state index contributed by atoms with van der Waals surface area (Å²) in [6, 6.07) is 15.8. The van der Waals surface area contributed by atoms with Crippen LogP contribution in [0.25, 0.3) is 0 Å². The third-order valence-corrected chi connectivity index (χ3v) is 28.7. The van der Waals surface area contributed by atoms with Gasteiger partial charge in [-0.15, -0.1) is 11.1 Å². The molecule has 0 aliphatic heterocycles. The number of hydrogen-bond acceptors (Lipinski definition) is 0. The van der Waals surface area contributed by atoms with Crippen molar-refractivity contribution in [1.82, 2.24) is 0 Å². The van der Waals surface area contributed by atoms with E-state index in [0.29, 0.717) is 0 Å². The summed E-state index contributed by atoms with van der Waals surface area (Å²) in [6.07, 6.45) is 0. The smallest absolute Gasteiger partial charge is 0.149 e. The lowest BCUT2D eigenvalue weighted by molar-refractivity contribution is 1.48. The van der Waals surface area contributed by atoms with Crippen LogP contribution < -0.4 is 46.7 Å². The molecule has 0 unspecified atom stereocenters. The summed E-state index contributed by atoms with van der Waals surface area (Å²) in [7, 11) is -13.3. The van der Waals surface area contributed by atoms with E-state index in [2.05, 4.69) is 175 Å². The van der Waals surface area contributed by atoms with Crippen LogP contribution in [-0.4, -0.2) is 55.8 Å². The molecule has 3 aromatic rings. The molecule has 0 saturated carbocycles. The van der Waals surface area contributed by atoms with Crippen LogP contribution in [0, 0.1) is 20.8 Å². The van der Waals surface area contributed by atoms with E-state index in [4.69, 9.17) is 11.1 Å². The fraction of sp³-hybridized carbons (Fsp3) is 0.538. The van der Waals surface area contributed by atoms with E-state index in [1.807, 2.05) is 0 Å². The van der Waals surface area contributed by atoms with E-state index in [-0.39, 0.29) is 0 Å². The van der Waals surface area contributed by atoms with E-state index in [1.54, 1.807) is 31.1 Å². The first-order valence-corrected chi connectivity index (χ1v) is 41.9. The van der Waals surface area contributed by atoms with Crippen LogP contribution in [0.3, 0.4) is 0 Å². The molecule has 0 atom stereocenters. The predicted octanol–water partition coefficient (Wildman–Crippen LogP) is 7.09. The molecule has 0 bridgehead atoms. The number of hydrogen-bond donors (Lipinski definition) is 0. The minimum Gasteiger partial charge on any atom is -0.149 e. The number of rotatable bonds is 9. The van der Waals surface area contributed by atoms with Crippen molar-refractivity contribution in [2.45, 2.75) is 139 Å². The van der Waals surface area contributed by atoms with Gasteiger partial charge in [-0.05, 0) is 36.3 Å². The molecule has 0 radical (unpaired) electrons. The SMILES string of the molecule is Cc1cc([Si](C)(C)C)cc([Si](C)(C)C)c1[Si](Cl)(c1c(C)cc([Si](C)(C)C)cc1[Si](C)(C)C)c1c(C)cc([Si](C)(C)C)cc1[Si](C)(C)C. The quantitative estimate of drug-likeness (QED) is 0.124. The zero-order valence-corrected chi connectivity index (χ0v) is 42.1. The maximum Gasteiger partial charge on any atom is 0.248 e. The third kappa shape index (κ3) is 8.34. The second-order valence-corrected chi connectivity index (χ2v) is 55.7. The van der Waals surface area contributed by atoms with Gasteiger partial charge in [0.15, 0.2) is 0 Å². The van der Waals surface area contributed by atoms with E-state index >= 15 is 0 Å². The van der Waals surface area contributed by atoms with Gasteiger partial charge >= 0.3 is 0 Å². The summed E-state index contributed by atoms with van der Waals surface area (Å²) in [5, 5.41) is 14.2. The van der Waals surface area contributed by atoms with Gasteiger partial charge in [0, 0.05) is 0 Å². The van der Waals surface area contributed by atoms with Crippen LogP contribution in [0.5, 0.6) is 0 Å². The summed E-state index contributed by atoms with van der Waals surface area (Å²) in [4.78, 5) is 0. The predicted molar refractivity (Wildman–Crippen MR) is 242 cm³/mol. The van der Waals surface area contributed by atoms with Gasteiger partial charge < -0.3 is 0 Å². The summed E-state index contributed by atoms with van der Waals surface area (Å²) in [5.41, 5.74) is 4.32. The zero-order valence-electron chi connectivity index (χ0n) is 34.3. The Bertz CT molecular complexity index is 1470. The number of halogens is 1. The average molecular weight is 770 g/mol. The molecular formula is C39H69ClSi7. The number of benzene rings is 3. The largest absolute Gasteiger partial charge is 0.248 e. The first-order chi connectivity index (χ1) is 20.7. The van der Waals surface area contributed by atoms with Crippen molar-refractivity contribution in [3.8, 4) is 0 Å². The molecule has 3 rings (SSSR count). The fourth-order valence-electron chi connectivity index (χ4n) is 7.18. The normalized spacial score (nSPS) is 14.2. The number of aryl methyl sites for hydroxylation is 3. The Morgan fingerprint density at radius 1 is 0.319 bits per heavy atom. The molecule has 3 aromatic carbocycles. The standard InChI is InChI=1S/C39H69ClSi7/c1-28-22-31(41(4,5)6)25-34(44(13,14)15)37(28)47(40,38-29(2)23-32(42(7,8)9)26-35(38)45(16,17)18)39-30(3)24-33(43(10,11)12)27-36(39)46(19,20)21/h22-27H,1-21H3. The van der Waals surface area contributed by atoms with Crippen molar-refractivity contribution in [2.24, 2.45) is 0 Å².